The van der Waals surface area contributed by atoms with Crippen LogP contribution in [0.15, 0.2) is 36.4 Å². The van der Waals surface area contributed by atoms with Crippen molar-refractivity contribution in [2.75, 3.05) is 5.32 Å². The molecule has 2 aromatic carbocycles. The number of halogens is 2. The third kappa shape index (κ3) is 3.17. The number of nitro groups is 1. The lowest BCUT2D eigenvalue weighted by atomic mass is 10.1. The van der Waals surface area contributed by atoms with E-state index in [0.29, 0.717) is 11.3 Å². The molecule has 0 aliphatic carbocycles. The molecule has 5 nitrogen and oxygen atoms in total. The van der Waals surface area contributed by atoms with Gasteiger partial charge in [0.15, 0.2) is 0 Å². The number of hydrogen-bond donors (Lipinski definition) is 1. The van der Waals surface area contributed by atoms with Crippen molar-refractivity contribution in [1.82, 2.24) is 0 Å². The highest BCUT2D eigenvalue weighted by molar-refractivity contribution is 6.34. The van der Waals surface area contributed by atoms with Gasteiger partial charge in [0.1, 0.15) is 5.82 Å². The van der Waals surface area contributed by atoms with Crippen LogP contribution in [-0.2, 0) is 0 Å². The van der Waals surface area contributed by atoms with Crippen LogP contribution in [0.25, 0.3) is 0 Å². The summed E-state index contributed by atoms with van der Waals surface area (Å²) >= 11 is 5.80. The first-order valence-electron chi connectivity index (χ1n) is 5.90. The maximum atomic E-state index is 13.6. The second kappa shape index (κ2) is 5.88. The summed E-state index contributed by atoms with van der Waals surface area (Å²) in [4.78, 5) is 22.2. The summed E-state index contributed by atoms with van der Waals surface area (Å²) in [5.41, 5.74) is 0.381. The van der Waals surface area contributed by atoms with Gasteiger partial charge in [0.2, 0.25) is 0 Å². The second-order valence-electron chi connectivity index (χ2n) is 4.31. The molecule has 0 heterocycles. The first kappa shape index (κ1) is 14.9. The van der Waals surface area contributed by atoms with Gasteiger partial charge in [-0.2, -0.15) is 0 Å². The van der Waals surface area contributed by atoms with Gasteiger partial charge in [-0.15, -0.1) is 0 Å². The van der Waals surface area contributed by atoms with Crippen LogP contribution in [0.3, 0.4) is 0 Å². The van der Waals surface area contributed by atoms with E-state index >= 15 is 0 Å². The molecule has 0 bridgehead atoms. The first-order valence-corrected chi connectivity index (χ1v) is 6.28. The van der Waals surface area contributed by atoms with E-state index in [1.165, 1.54) is 30.3 Å². The van der Waals surface area contributed by atoms with Crippen LogP contribution >= 0.6 is 11.6 Å². The van der Waals surface area contributed by atoms with Crippen molar-refractivity contribution in [1.29, 1.82) is 0 Å². The van der Waals surface area contributed by atoms with E-state index in [1.807, 2.05) is 0 Å². The van der Waals surface area contributed by atoms with Gasteiger partial charge in [0.25, 0.3) is 11.6 Å². The van der Waals surface area contributed by atoms with E-state index in [4.69, 9.17) is 11.6 Å². The van der Waals surface area contributed by atoms with Crippen molar-refractivity contribution in [3.63, 3.8) is 0 Å². The summed E-state index contributed by atoms with van der Waals surface area (Å²) in [6, 6.07) is 8.00. The van der Waals surface area contributed by atoms with E-state index in [9.17, 15) is 19.3 Å². The molecule has 0 atom stereocenters. The van der Waals surface area contributed by atoms with E-state index in [-0.39, 0.29) is 16.3 Å². The van der Waals surface area contributed by atoms with Gasteiger partial charge in [0, 0.05) is 17.3 Å². The number of anilines is 1. The third-order valence-electron chi connectivity index (χ3n) is 2.84. The lowest BCUT2D eigenvalue weighted by Crippen LogP contribution is -2.14. The second-order valence-corrected chi connectivity index (χ2v) is 4.72. The van der Waals surface area contributed by atoms with E-state index in [2.05, 4.69) is 5.32 Å². The molecule has 1 N–H and O–H groups in total. The summed E-state index contributed by atoms with van der Waals surface area (Å²) in [7, 11) is 0. The van der Waals surface area contributed by atoms with Crippen molar-refractivity contribution in [2.45, 2.75) is 6.92 Å². The maximum Gasteiger partial charge on any atom is 0.272 e. The van der Waals surface area contributed by atoms with Crippen molar-refractivity contribution in [2.24, 2.45) is 0 Å². The number of rotatable bonds is 3. The summed E-state index contributed by atoms with van der Waals surface area (Å²) in [5, 5.41) is 13.2. The molecular formula is C14H10ClFN2O3. The zero-order valence-corrected chi connectivity index (χ0v) is 11.6. The molecule has 0 saturated heterocycles. The molecule has 1 amide bonds. The number of aryl methyl sites for hydroxylation is 1. The molecule has 2 rings (SSSR count). The third-order valence-corrected chi connectivity index (χ3v) is 3.16. The Hall–Kier alpha value is -2.47. The molecule has 0 aromatic heterocycles. The molecule has 0 aliphatic heterocycles. The largest absolute Gasteiger partial charge is 0.322 e. The quantitative estimate of drug-likeness (QED) is 0.689. The molecule has 2 aromatic rings. The lowest BCUT2D eigenvalue weighted by molar-refractivity contribution is -0.385. The van der Waals surface area contributed by atoms with Crippen LogP contribution in [0, 0.1) is 22.9 Å². The van der Waals surface area contributed by atoms with Crippen LogP contribution in [0.4, 0.5) is 15.8 Å². The Morgan fingerprint density at radius 2 is 2.05 bits per heavy atom. The van der Waals surface area contributed by atoms with Crippen molar-refractivity contribution < 1.29 is 14.1 Å². The van der Waals surface area contributed by atoms with Crippen molar-refractivity contribution in [3.05, 3.63) is 68.5 Å². The number of amides is 1. The van der Waals surface area contributed by atoms with Gasteiger partial charge in [-0.3, -0.25) is 14.9 Å². The molecule has 0 fully saturated rings. The zero-order chi connectivity index (χ0) is 15.6. The lowest BCUT2D eigenvalue weighted by Gasteiger charge is -2.08. The maximum absolute atomic E-state index is 13.6. The number of carbonyl (C=O) groups is 1. The summed E-state index contributed by atoms with van der Waals surface area (Å²) in [5.74, 6) is -1.45. The Kier molecular flexibility index (Phi) is 4.18. The monoisotopic (exact) mass is 308 g/mol. The van der Waals surface area contributed by atoms with Gasteiger partial charge >= 0.3 is 0 Å². The number of benzene rings is 2. The van der Waals surface area contributed by atoms with E-state index < -0.39 is 16.6 Å². The van der Waals surface area contributed by atoms with Crippen LogP contribution in [-0.4, -0.2) is 10.8 Å². The standard InChI is InChI=1S/C14H10ClFN2O3/c1-8-7-9(5-6-12(8)18(20)21)17-14(19)13-10(15)3-2-4-11(13)16/h2-7H,1H3,(H,17,19). The van der Waals surface area contributed by atoms with E-state index in [0.717, 1.165) is 6.07 Å². The van der Waals surface area contributed by atoms with Gasteiger partial charge in [-0.25, -0.2) is 4.39 Å². The normalized spacial score (nSPS) is 10.2. The Bertz CT molecular complexity index is 714. The number of nitrogens with zero attached hydrogens (tertiary/aromatic N) is 1. The minimum absolute atomic E-state index is 0.00821. The van der Waals surface area contributed by atoms with Gasteiger partial charge in [-0.05, 0) is 31.2 Å². The Balaban J connectivity index is 2.28. The summed E-state index contributed by atoms with van der Waals surface area (Å²) < 4.78 is 13.6. The number of carbonyl (C=O) groups excluding carboxylic acids is 1. The summed E-state index contributed by atoms with van der Waals surface area (Å²) in [6.45, 7) is 1.55. The van der Waals surface area contributed by atoms with Gasteiger partial charge in [0.05, 0.1) is 15.5 Å². The minimum atomic E-state index is -0.737. The van der Waals surface area contributed by atoms with Crippen molar-refractivity contribution >= 4 is 28.9 Å². The molecule has 108 valence electrons. The van der Waals surface area contributed by atoms with Gasteiger partial charge < -0.3 is 5.32 Å². The molecule has 0 saturated carbocycles. The highest BCUT2D eigenvalue weighted by Crippen LogP contribution is 2.24. The fourth-order valence-electron chi connectivity index (χ4n) is 1.85. The Morgan fingerprint density at radius 1 is 1.33 bits per heavy atom. The molecule has 21 heavy (non-hydrogen) atoms. The molecular weight excluding hydrogens is 299 g/mol. The molecule has 0 aliphatic rings. The van der Waals surface area contributed by atoms with E-state index in [1.54, 1.807) is 6.92 Å². The average Bonchev–Trinajstić information content (AvgIpc) is 2.37. The number of hydrogen-bond acceptors (Lipinski definition) is 3. The van der Waals surface area contributed by atoms with Crippen LogP contribution in [0.2, 0.25) is 5.02 Å². The summed E-state index contributed by atoms with van der Waals surface area (Å²) in [6.07, 6.45) is 0. The smallest absolute Gasteiger partial charge is 0.272 e. The van der Waals surface area contributed by atoms with Gasteiger partial charge in [-0.1, -0.05) is 17.7 Å². The Labute approximate surface area is 124 Å². The predicted octanol–water partition coefficient (Wildman–Crippen LogP) is 3.95. The topological polar surface area (TPSA) is 72.2 Å². The molecule has 0 radical (unpaired) electrons. The highest BCUT2D eigenvalue weighted by Gasteiger charge is 2.17. The van der Waals surface area contributed by atoms with Crippen LogP contribution in [0.5, 0.6) is 0 Å². The Morgan fingerprint density at radius 3 is 2.62 bits per heavy atom. The molecule has 7 heteroatoms. The van der Waals surface area contributed by atoms with Crippen LogP contribution < -0.4 is 5.32 Å². The number of nitro benzene ring substituents is 1. The highest BCUT2D eigenvalue weighted by atomic mass is 35.5. The van der Waals surface area contributed by atoms with Crippen molar-refractivity contribution in [3.8, 4) is 0 Å². The van der Waals surface area contributed by atoms with Crippen LogP contribution in [0.1, 0.15) is 15.9 Å². The number of nitrogens with one attached hydrogen (secondary N) is 1. The average molecular weight is 309 g/mol. The molecule has 0 spiro atoms. The fraction of sp³-hybridized carbons (Fsp3) is 0.0714. The first-order chi connectivity index (χ1) is 9.90. The minimum Gasteiger partial charge on any atom is -0.322 e. The SMILES string of the molecule is Cc1cc(NC(=O)c2c(F)cccc2Cl)ccc1[N+](=O)[O-]. The predicted molar refractivity (Wildman–Crippen MR) is 77.2 cm³/mol. The zero-order valence-electron chi connectivity index (χ0n) is 10.9. The fourth-order valence-corrected chi connectivity index (χ4v) is 2.10. The molecule has 0 unspecified atom stereocenters.